The summed E-state index contributed by atoms with van der Waals surface area (Å²) in [5.41, 5.74) is 0.320. The van der Waals surface area contributed by atoms with Crippen molar-refractivity contribution in [1.82, 2.24) is 10.2 Å². The monoisotopic (exact) mass is 370 g/mol. The van der Waals surface area contributed by atoms with Crippen molar-refractivity contribution in [3.05, 3.63) is 66.0 Å². The van der Waals surface area contributed by atoms with Gasteiger partial charge in [0.05, 0.1) is 0 Å². The Bertz CT molecular complexity index is 774. The lowest BCUT2D eigenvalue weighted by Crippen LogP contribution is -2.43. The van der Waals surface area contributed by atoms with E-state index in [1.54, 1.807) is 11.0 Å². The largest absolute Gasteiger partial charge is 0.484 e. The van der Waals surface area contributed by atoms with Crippen LogP contribution >= 0.6 is 0 Å². The summed E-state index contributed by atoms with van der Waals surface area (Å²) in [6.45, 7) is 1.86. The number of ether oxygens (including phenoxy) is 1. The molecule has 1 saturated heterocycles. The topological polar surface area (TPSA) is 58.6 Å². The fraction of sp³-hybridized carbons (Fsp3) is 0.333. The van der Waals surface area contributed by atoms with E-state index in [-0.39, 0.29) is 18.4 Å². The molecule has 0 aromatic heterocycles. The number of hydrogen-bond donors (Lipinski definition) is 1. The highest BCUT2D eigenvalue weighted by atomic mass is 19.1. The minimum absolute atomic E-state index is 0.0268. The Kier molecular flexibility index (Phi) is 6.41. The lowest BCUT2D eigenvalue weighted by molar-refractivity contribution is -0.134. The predicted molar refractivity (Wildman–Crippen MR) is 100.0 cm³/mol. The van der Waals surface area contributed by atoms with Crippen LogP contribution in [0, 0.1) is 11.7 Å². The fourth-order valence-corrected chi connectivity index (χ4v) is 3.11. The van der Waals surface area contributed by atoms with E-state index < -0.39 is 5.82 Å². The fourth-order valence-electron chi connectivity index (χ4n) is 3.11. The lowest BCUT2D eigenvalue weighted by atomic mass is 9.96. The normalized spacial score (nSPS) is 14.6. The predicted octanol–water partition coefficient (Wildman–Crippen LogP) is 2.87. The molecular weight excluding hydrogens is 347 g/mol. The van der Waals surface area contributed by atoms with Gasteiger partial charge in [0.15, 0.2) is 6.61 Å². The molecule has 0 unspecified atom stereocenters. The third-order valence-corrected chi connectivity index (χ3v) is 4.71. The summed E-state index contributed by atoms with van der Waals surface area (Å²) in [7, 11) is 0. The first-order chi connectivity index (χ1) is 13.1. The molecule has 0 spiro atoms. The average Bonchev–Trinajstić information content (AvgIpc) is 2.71. The summed E-state index contributed by atoms with van der Waals surface area (Å²) in [4.78, 5) is 26.1. The second kappa shape index (κ2) is 9.16. The molecule has 1 aliphatic heterocycles. The van der Waals surface area contributed by atoms with Crippen LogP contribution in [0.15, 0.2) is 54.6 Å². The van der Waals surface area contributed by atoms with E-state index in [0.29, 0.717) is 36.9 Å². The number of carbonyl (C=O) groups is 2. The minimum Gasteiger partial charge on any atom is -0.484 e. The number of amides is 2. The Labute approximate surface area is 158 Å². The quantitative estimate of drug-likeness (QED) is 0.851. The summed E-state index contributed by atoms with van der Waals surface area (Å²) in [6, 6.07) is 14.9. The molecule has 0 aliphatic carbocycles. The molecule has 6 heteroatoms. The summed E-state index contributed by atoms with van der Waals surface area (Å²) < 4.78 is 18.7. The Morgan fingerprint density at radius 3 is 2.52 bits per heavy atom. The number of rotatable bonds is 6. The number of carbonyl (C=O) groups excluding carboxylic acids is 2. The van der Waals surface area contributed by atoms with Gasteiger partial charge in [-0.2, -0.15) is 0 Å². The molecule has 1 aliphatic rings. The van der Waals surface area contributed by atoms with E-state index in [1.807, 2.05) is 30.3 Å². The summed E-state index contributed by atoms with van der Waals surface area (Å²) in [6.07, 6.45) is 1.64. The van der Waals surface area contributed by atoms with Crippen LogP contribution < -0.4 is 10.1 Å². The van der Waals surface area contributed by atoms with E-state index in [2.05, 4.69) is 5.32 Å². The molecule has 3 rings (SSSR count). The van der Waals surface area contributed by atoms with Gasteiger partial charge in [-0.15, -0.1) is 0 Å². The third kappa shape index (κ3) is 5.54. The van der Waals surface area contributed by atoms with Crippen LogP contribution in [0.3, 0.4) is 0 Å². The van der Waals surface area contributed by atoms with Gasteiger partial charge in [-0.3, -0.25) is 9.59 Å². The van der Waals surface area contributed by atoms with Gasteiger partial charge in [0.2, 0.25) is 0 Å². The van der Waals surface area contributed by atoms with Crippen LogP contribution in [0.5, 0.6) is 5.75 Å². The van der Waals surface area contributed by atoms with Crippen molar-refractivity contribution < 1.29 is 18.7 Å². The van der Waals surface area contributed by atoms with Gasteiger partial charge in [-0.1, -0.05) is 24.3 Å². The molecule has 142 valence electrons. The molecule has 0 atom stereocenters. The first-order valence-corrected chi connectivity index (χ1v) is 9.11. The molecular formula is C21H23FN2O3. The van der Waals surface area contributed by atoms with Gasteiger partial charge in [0, 0.05) is 25.2 Å². The van der Waals surface area contributed by atoms with E-state index in [1.165, 1.54) is 18.2 Å². The first-order valence-electron chi connectivity index (χ1n) is 9.11. The molecule has 0 bridgehead atoms. The highest BCUT2D eigenvalue weighted by Crippen LogP contribution is 2.17. The van der Waals surface area contributed by atoms with Gasteiger partial charge in [0.25, 0.3) is 11.8 Å². The second-order valence-corrected chi connectivity index (χ2v) is 6.65. The van der Waals surface area contributed by atoms with Crippen molar-refractivity contribution in [2.75, 3.05) is 26.2 Å². The van der Waals surface area contributed by atoms with Gasteiger partial charge in [0.1, 0.15) is 11.6 Å². The zero-order chi connectivity index (χ0) is 19.1. The number of piperidine rings is 1. The Balaban J connectivity index is 1.38. The molecule has 2 aromatic carbocycles. The molecule has 2 amide bonds. The molecule has 1 fully saturated rings. The van der Waals surface area contributed by atoms with Crippen molar-refractivity contribution in [2.45, 2.75) is 12.8 Å². The number of benzene rings is 2. The van der Waals surface area contributed by atoms with Crippen molar-refractivity contribution >= 4 is 11.8 Å². The lowest BCUT2D eigenvalue weighted by Gasteiger charge is -2.32. The van der Waals surface area contributed by atoms with Crippen LogP contribution in [0.25, 0.3) is 0 Å². The number of nitrogens with one attached hydrogen (secondary N) is 1. The standard InChI is InChI=1S/C21H23FN2O3/c22-18-6-4-5-17(13-18)21(26)23-14-16-9-11-24(12-10-16)20(25)15-27-19-7-2-1-3-8-19/h1-8,13,16H,9-12,14-15H2,(H,23,26). The Morgan fingerprint density at radius 2 is 1.81 bits per heavy atom. The third-order valence-electron chi connectivity index (χ3n) is 4.71. The number of likely N-dealkylation sites (tertiary alicyclic amines) is 1. The van der Waals surface area contributed by atoms with Gasteiger partial charge in [-0.25, -0.2) is 4.39 Å². The van der Waals surface area contributed by atoms with Crippen LogP contribution in [-0.2, 0) is 4.79 Å². The van der Waals surface area contributed by atoms with Crippen molar-refractivity contribution in [1.29, 1.82) is 0 Å². The van der Waals surface area contributed by atoms with Gasteiger partial charge >= 0.3 is 0 Å². The minimum atomic E-state index is -0.424. The molecule has 0 radical (unpaired) electrons. The van der Waals surface area contributed by atoms with Gasteiger partial charge in [-0.05, 0) is 49.1 Å². The van der Waals surface area contributed by atoms with E-state index in [0.717, 1.165) is 12.8 Å². The van der Waals surface area contributed by atoms with Gasteiger partial charge < -0.3 is 15.0 Å². The smallest absolute Gasteiger partial charge is 0.260 e. The zero-order valence-electron chi connectivity index (χ0n) is 15.1. The number of halogens is 1. The molecule has 5 nitrogen and oxygen atoms in total. The maximum atomic E-state index is 13.2. The molecule has 0 saturated carbocycles. The van der Waals surface area contributed by atoms with E-state index >= 15 is 0 Å². The van der Waals surface area contributed by atoms with Crippen LogP contribution in [0.2, 0.25) is 0 Å². The Morgan fingerprint density at radius 1 is 1.07 bits per heavy atom. The zero-order valence-corrected chi connectivity index (χ0v) is 15.1. The maximum Gasteiger partial charge on any atom is 0.260 e. The highest BCUT2D eigenvalue weighted by molar-refractivity contribution is 5.94. The Hall–Kier alpha value is -2.89. The summed E-state index contributed by atoms with van der Waals surface area (Å²) >= 11 is 0. The maximum absolute atomic E-state index is 13.2. The highest BCUT2D eigenvalue weighted by Gasteiger charge is 2.23. The first kappa shape index (κ1) is 18.9. The van der Waals surface area contributed by atoms with E-state index in [4.69, 9.17) is 4.74 Å². The second-order valence-electron chi connectivity index (χ2n) is 6.65. The van der Waals surface area contributed by atoms with Crippen molar-refractivity contribution in [3.63, 3.8) is 0 Å². The molecule has 2 aromatic rings. The number of para-hydroxylation sites is 1. The van der Waals surface area contributed by atoms with Crippen LogP contribution in [0.4, 0.5) is 4.39 Å². The number of nitrogens with zero attached hydrogens (tertiary/aromatic N) is 1. The molecule has 27 heavy (non-hydrogen) atoms. The SMILES string of the molecule is O=C(NCC1CCN(C(=O)COc2ccccc2)CC1)c1cccc(F)c1. The van der Waals surface area contributed by atoms with Crippen LogP contribution in [-0.4, -0.2) is 43.0 Å². The summed E-state index contributed by atoms with van der Waals surface area (Å²) in [5, 5.41) is 2.85. The average molecular weight is 370 g/mol. The summed E-state index contributed by atoms with van der Waals surface area (Å²) in [5.74, 6) is 0.264. The van der Waals surface area contributed by atoms with Crippen LogP contribution in [0.1, 0.15) is 23.2 Å². The molecule has 1 heterocycles. The van der Waals surface area contributed by atoms with Crippen molar-refractivity contribution in [2.24, 2.45) is 5.92 Å². The number of hydrogen-bond acceptors (Lipinski definition) is 3. The molecule has 1 N–H and O–H groups in total. The van der Waals surface area contributed by atoms with E-state index in [9.17, 15) is 14.0 Å². The van der Waals surface area contributed by atoms with Crippen molar-refractivity contribution in [3.8, 4) is 5.75 Å².